The molecule has 1 heteroatoms. The molecule has 6 aromatic carbocycles. The maximum absolute atomic E-state index is 6.69. The van der Waals surface area contributed by atoms with Crippen LogP contribution in [0.5, 0.6) is 11.5 Å². The molecular formula is C40H30O. The molecule has 0 bridgehead atoms. The molecular weight excluding hydrogens is 496 g/mol. The zero-order chi connectivity index (χ0) is 27.6. The molecule has 8 rings (SSSR count). The van der Waals surface area contributed by atoms with Gasteiger partial charge in [-0.25, -0.2) is 0 Å². The van der Waals surface area contributed by atoms with E-state index in [0.717, 1.165) is 22.6 Å². The van der Waals surface area contributed by atoms with Crippen LogP contribution in [0.2, 0.25) is 0 Å². The summed E-state index contributed by atoms with van der Waals surface area (Å²) in [7, 11) is 0. The number of ether oxygens (including phenoxy) is 1. The van der Waals surface area contributed by atoms with Crippen molar-refractivity contribution in [3.05, 3.63) is 179 Å². The first-order valence-corrected chi connectivity index (χ1v) is 14.4. The van der Waals surface area contributed by atoms with Crippen molar-refractivity contribution in [3.8, 4) is 33.8 Å². The van der Waals surface area contributed by atoms with Crippen LogP contribution in [0.4, 0.5) is 0 Å². The van der Waals surface area contributed by atoms with Crippen molar-refractivity contribution < 1.29 is 4.74 Å². The van der Waals surface area contributed by atoms with E-state index in [9.17, 15) is 0 Å². The molecule has 6 aromatic rings. The Balaban J connectivity index is 1.39. The fraction of sp³-hybridized carbons (Fsp3) is 0.100. The van der Waals surface area contributed by atoms with Gasteiger partial charge in [-0.3, -0.25) is 0 Å². The van der Waals surface area contributed by atoms with E-state index in [1.54, 1.807) is 0 Å². The smallest absolute Gasteiger partial charge is 0.139 e. The van der Waals surface area contributed by atoms with Crippen LogP contribution in [0.1, 0.15) is 47.2 Å². The van der Waals surface area contributed by atoms with Gasteiger partial charge in [-0.1, -0.05) is 147 Å². The molecule has 1 aliphatic carbocycles. The van der Waals surface area contributed by atoms with Crippen molar-refractivity contribution in [2.75, 3.05) is 0 Å². The average Bonchev–Trinajstić information content (AvgIpc) is 3.33. The van der Waals surface area contributed by atoms with E-state index in [1.807, 2.05) is 0 Å². The normalized spacial score (nSPS) is 15.2. The summed E-state index contributed by atoms with van der Waals surface area (Å²) in [5.41, 5.74) is 11.9. The van der Waals surface area contributed by atoms with Crippen LogP contribution in [-0.2, 0) is 10.8 Å². The average molecular weight is 527 g/mol. The van der Waals surface area contributed by atoms with E-state index in [0.29, 0.717) is 0 Å². The largest absolute Gasteiger partial charge is 0.456 e. The van der Waals surface area contributed by atoms with Gasteiger partial charge in [-0.05, 0) is 51.1 Å². The zero-order valence-corrected chi connectivity index (χ0v) is 23.3. The predicted molar refractivity (Wildman–Crippen MR) is 168 cm³/mol. The lowest BCUT2D eigenvalue weighted by atomic mass is 9.67. The Kier molecular flexibility index (Phi) is 5.15. The fourth-order valence-electron chi connectivity index (χ4n) is 7.33. The minimum absolute atomic E-state index is 0.160. The highest BCUT2D eigenvalue weighted by atomic mass is 16.5. The van der Waals surface area contributed by atoms with Gasteiger partial charge in [-0.15, -0.1) is 0 Å². The van der Waals surface area contributed by atoms with Gasteiger partial charge in [0.25, 0.3) is 0 Å². The molecule has 0 unspecified atom stereocenters. The number of rotatable bonds is 3. The van der Waals surface area contributed by atoms with Gasteiger partial charge in [0.2, 0.25) is 0 Å². The van der Waals surface area contributed by atoms with Crippen LogP contribution < -0.4 is 4.74 Å². The molecule has 2 aliphatic rings. The van der Waals surface area contributed by atoms with Crippen molar-refractivity contribution >= 4 is 0 Å². The van der Waals surface area contributed by atoms with Crippen molar-refractivity contribution in [1.82, 2.24) is 0 Å². The second-order valence-electron chi connectivity index (χ2n) is 11.7. The second-order valence-corrected chi connectivity index (χ2v) is 11.7. The molecule has 1 aliphatic heterocycles. The first-order chi connectivity index (χ1) is 20.1. The van der Waals surface area contributed by atoms with Crippen molar-refractivity contribution in [2.45, 2.75) is 24.7 Å². The summed E-state index contributed by atoms with van der Waals surface area (Å²) < 4.78 is 6.69. The van der Waals surface area contributed by atoms with E-state index in [2.05, 4.69) is 159 Å². The molecule has 1 nitrogen and oxygen atoms in total. The summed E-state index contributed by atoms with van der Waals surface area (Å²) in [6, 6.07) is 52.9. The Labute approximate surface area is 241 Å². The van der Waals surface area contributed by atoms with Gasteiger partial charge in [0, 0.05) is 22.1 Å². The molecule has 0 fully saturated rings. The Morgan fingerprint density at radius 2 is 0.976 bits per heavy atom. The van der Waals surface area contributed by atoms with Crippen LogP contribution in [-0.4, -0.2) is 0 Å². The topological polar surface area (TPSA) is 9.23 Å². The van der Waals surface area contributed by atoms with Crippen molar-refractivity contribution in [1.29, 1.82) is 0 Å². The minimum atomic E-state index is -0.425. The highest BCUT2D eigenvalue weighted by Crippen LogP contribution is 2.57. The standard InChI is InChI=1S/C40H30O/c1-39(2)35-23-10-11-25-37(35)41-38-30(20-13-24-36(38)39)27-14-12-17-29(26-27)40(28-15-4-3-5-16-28)33-21-8-6-18-31(33)32-19-7-9-22-34(32)40/h3-26H,1-2H3. The number of hydrogen-bond donors (Lipinski definition) is 0. The van der Waals surface area contributed by atoms with Gasteiger partial charge in [0.1, 0.15) is 11.5 Å². The maximum Gasteiger partial charge on any atom is 0.139 e. The molecule has 0 radical (unpaired) electrons. The lowest BCUT2D eigenvalue weighted by Gasteiger charge is -2.36. The Morgan fingerprint density at radius 1 is 0.439 bits per heavy atom. The maximum atomic E-state index is 6.69. The Hall–Kier alpha value is -4.88. The van der Waals surface area contributed by atoms with Gasteiger partial charge in [0.15, 0.2) is 0 Å². The molecule has 196 valence electrons. The molecule has 0 saturated carbocycles. The Morgan fingerprint density at radius 3 is 1.71 bits per heavy atom. The third kappa shape index (κ3) is 3.30. The first kappa shape index (κ1) is 24.0. The quantitative estimate of drug-likeness (QED) is 0.223. The summed E-state index contributed by atoms with van der Waals surface area (Å²) in [4.78, 5) is 0. The number of fused-ring (bicyclic) bond motifs is 5. The Bertz CT molecular complexity index is 1900. The fourth-order valence-corrected chi connectivity index (χ4v) is 7.33. The summed E-state index contributed by atoms with van der Waals surface area (Å²) in [5, 5.41) is 0. The van der Waals surface area contributed by atoms with Crippen molar-refractivity contribution in [2.24, 2.45) is 0 Å². The molecule has 0 atom stereocenters. The van der Waals surface area contributed by atoms with E-state index in [-0.39, 0.29) is 5.41 Å². The molecule has 0 aromatic heterocycles. The molecule has 0 saturated heterocycles. The van der Waals surface area contributed by atoms with Crippen molar-refractivity contribution in [3.63, 3.8) is 0 Å². The van der Waals surface area contributed by atoms with Crippen LogP contribution in [0.3, 0.4) is 0 Å². The lowest BCUT2D eigenvalue weighted by Crippen LogP contribution is -2.28. The highest BCUT2D eigenvalue weighted by Gasteiger charge is 2.46. The number of para-hydroxylation sites is 2. The van der Waals surface area contributed by atoms with Gasteiger partial charge in [0.05, 0.1) is 5.41 Å². The van der Waals surface area contributed by atoms with Crippen LogP contribution in [0.15, 0.2) is 146 Å². The second kappa shape index (κ2) is 8.81. The SMILES string of the molecule is CC1(C)c2ccccc2Oc2c(-c3cccc(C4(c5ccccc5)c5ccccc5-c5ccccc54)c3)cccc21. The minimum Gasteiger partial charge on any atom is -0.456 e. The highest BCUT2D eigenvalue weighted by molar-refractivity contribution is 5.87. The summed E-state index contributed by atoms with van der Waals surface area (Å²) in [6.07, 6.45) is 0. The lowest BCUT2D eigenvalue weighted by molar-refractivity contribution is 0.419. The van der Waals surface area contributed by atoms with Crippen LogP contribution >= 0.6 is 0 Å². The molecule has 0 spiro atoms. The molecule has 0 N–H and O–H groups in total. The van der Waals surface area contributed by atoms with E-state index >= 15 is 0 Å². The number of hydrogen-bond acceptors (Lipinski definition) is 1. The third-order valence-electron chi connectivity index (χ3n) is 9.23. The van der Waals surface area contributed by atoms with E-state index in [4.69, 9.17) is 4.74 Å². The monoisotopic (exact) mass is 526 g/mol. The van der Waals surface area contributed by atoms with E-state index in [1.165, 1.54) is 44.5 Å². The summed E-state index contributed by atoms with van der Waals surface area (Å²) >= 11 is 0. The summed E-state index contributed by atoms with van der Waals surface area (Å²) in [6.45, 7) is 4.59. The van der Waals surface area contributed by atoms with E-state index < -0.39 is 5.41 Å². The van der Waals surface area contributed by atoms with Gasteiger partial charge in [-0.2, -0.15) is 0 Å². The molecule has 41 heavy (non-hydrogen) atoms. The van der Waals surface area contributed by atoms with Crippen LogP contribution in [0, 0.1) is 0 Å². The predicted octanol–water partition coefficient (Wildman–Crippen LogP) is 10.1. The number of benzene rings is 6. The third-order valence-corrected chi connectivity index (χ3v) is 9.23. The van der Waals surface area contributed by atoms with Gasteiger partial charge >= 0.3 is 0 Å². The van der Waals surface area contributed by atoms with Gasteiger partial charge < -0.3 is 4.74 Å². The summed E-state index contributed by atoms with van der Waals surface area (Å²) in [5.74, 6) is 1.89. The van der Waals surface area contributed by atoms with Crippen LogP contribution in [0.25, 0.3) is 22.3 Å². The molecule has 0 amide bonds. The first-order valence-electron chi connectivity index (χ1n) is 14.4. The zero-order valence-electron chi connectivity index (χ0n) is 23.3. The molecule has 1 heterocycles.